The van der Waals surface area contributed by atoms with Crippen molar-refractivity contribution < 1.29 is 18.3 Å². The molecule has 7 nitrogen and oxygen atoms in total. The number of pyridine rings is 1. The minimum Gasteiger partial charge on any atom is -0.491 e. The van der Waals surface area contributed by atoms with E-state index in [0.717, 1.165) is 36.5 Å². The van der Waals surface area contributed by atoms with Gasteiger partial charge in [0.1, 0.15) is 29.6 Å². The zero-order valence-electron chi connectivity index (χ0n) is 22.4. The molecule has 1 fully saturated rings. The first-order valence-corrected chi connectivity index (χ1v) is 14.8. The Hall–Kier alpha value is -3.41. The molecule has 0 unspecified atom stereocenters. The Morgan fingerprint density at radius 3 is 2.47 bits per heavy atom. The van der Waals surface area contributed by atoms with Crippen LogP contribution in [0.15, 0.2) is 53.2 Å². The van der Waals surface area contributed by atoms with Crippen molar-refractivity contribution in [3.63, 3.8) is 0 Å². The summed E-state index contributed by atoms with van der Waals surface area (Å²) in [5.41, 5.74) is 2.97. The lowest BCUT2D eigenvalue weighted by Crippen LogP contribution is -2.41. The van der Waals surface area contributed by atoms with Crippen molar-refractivity contribution in [1.82, 2.24) is 15.0 Å². The second kappa shape index (κ2) is 12.0. The molecule has 0 radical (unpaired) electrons. The van der Waals surface area contributed by atoms with Crippen LogP contribution in [0.2, 0.25) is 0 Å². The van der Waals surface area contributed by atoms with E-state index in [2.05, 4.69) is 32.8 Å². The third-order valence-electron chi connectivity index (χ3n) is 6.34. The molecule has 200 valence electrons. The van der Waals surface area contributed by atoms with Crippen LogP contribution in [-0.2, 0) is 32.6 Å². The lowest BCUT2D eigenvalue weighted by atomic mass is 9.93. The molecule has 0 saturated carbocycles. The number of benzene rings is 1. The summed E-state index contributed by atoms with van der Waals surface area (Å²) in [7, 11) is -1.87. The maximum atomic E-state index is 12.5. The van der Waals surface area contributed by atoms with Crippen LogP contribution in [0.1, 0.15) is 49.0 Å². The molecule has 0 bridgehead atoms. The standard InChI is InChI=1S/C30H35N3O4S/c1-30(2,3)29-21-26(32-37-29)20-27(34)19-24-7-5-23(6-8-24)9-10-25-11-12-28(22-31-25)36-16-13-33-14-17-38(4,35)18-15-33/h5-8,11-12,21-22H,4,13-20H2,1-3H3. The monoisotopic (exact) mass is 533 g/mol. The van der Waals surface area contributed by atoms with E-state index < -0.39 is 9.52 Å². The third kappa shape index (κ3) is 8.30. The van der Waals surface area contributed by atoms with Gasteiger partial charge in [0.2, 0.25) is 0 Å². The predicted octanol–water partition coefficient (Wildman–Crippen LogP) is 3.53. The highest BCUT2D eigenvalue weighted by Crippen LogP contribution is 2.23. The molecular weight excluding hydrogens is 498 g/mol. The number of hydrogen-bond acceptors (Lipinski definition) is 7. The maximum absolute atomic E-state index is 12.5. The van der Waals surface area contributed by atoms with Gasteiger partial charge in [0.25, 0.3) is 0 Å². The topological polar surface area (TPSA) is 85.5 Å². The predicted molar refractivity (Wildman–Crippen MR) is 151 cm³/mol. The average Bonchev–Trinajstić information content (AvgIpc) is 3.34. The molecule has 2 aromatic heterocycles. The number of ketones is 1. The Labute approximate surface area is 225 Å². The number of aromatic nitrogens is 2. The van der Waals surface area contributed by atoms with Gasteiger partial charge < -0.3 is 9.26 Å². The highest BCUT2D eigenvalue weighted by Gasteiger charge is 2.20. The molecule has 0 aliphatic carbocycles. The van der Waals surface area contributed by atoms with Gasteiger partial charge in [-0.3, -0.25) is 13.9 Å². The highest BCUT2D eigenvalue weighted by atomic mass is 32.2. The van der Waals surface area contributed by atoms with Gasteiger partial charge in [-0.15, -0.1) is 0 Å². The van der Waals surface area contributed by atoms with E-state index in [9.17, 15) is 9.00 Å². The largest absolute Gasteiger partial charge is 0.491 e. The van der Waals surface area contributed by atoms with Crippen molar-refractivity contribution >= 4 is 21.2 Å². The summed E-state index contributed by atoms with van der Waals surface area (Å²) in [4.78, 5) is 19.1. The van der Waals surface area contributed by atoms with E-state index in [0.29, 0.717) is 41.7 Å². The van der Waals surface area contributed by atoms with Gasteiger partial charge in [-0.05, 0) is 51.1 Å². The molecular formula is C30H35N3O4S. The van der Waals surface area contributed by atoms with Crippen molar-refractivity contribution in [1.29, 1.82) is 0 Å². The maximum Gasteiger partial charge on any atom is 0.143 e. The molecule has 8 heteroatoms. The molecule has 1 aliphatic heterocycles. The van der Waals surface area contributed by atoms with Gasteiger partial charge >= 0.3 is 0 Å². The van der Waals surface area contributed by atoms with Crippen LogP contribution in [0.5, 0.6) is 5.75 Å². The average molecular weight is 534 g/mol. The first-order valence-electron chi connectivity index (χ1n) is 12.8. The molecule has 38 heavy (non-hydrogen) atoms. The Morgan fingerprint density at radius 1 is 1.11 bits per heavy atom. The van der Waals surface area contributed by atoms with Crippen molar-refractivity contribution in [2.75, 3.05) is 37.7 Å². The van der Waals surface area contributed by atoms with Crippen LogP contribution in [0, 0.1) is 11.8 Å². The van der Waals surface area contributed by atoms with Crippen LogP contribution in [0.3, 0.4) is 0 Å². The third-order valence-corrected chi connectivity index (χ3v) is 8.19. The molecule has 3 aromatic rings. The number of carbonyl (C=O) groups excluding carboxylic acids is 1. The van der Waals surface area contributed by atoms with Crippen molar-refractivity contribution in [3.8, 4) is 17.6 Å². The molecule has 4 rings (SSSR count). The summed E-state index contributed by atoms with van der Waals surface area (Å²) in [6, 6.07) is 13.2. The van der Waals surface area contributed by atoms with E-state index in [1.54, 1.807) is 6.20 Å². The van der Waals surface area contributed by atoms with E-state index in [1.165, 1.54) is 0 Å². The van der Waals surface area contributed by atoms with Crippen LogP contribution in [-0.4, -0.2) is 68.6 Å². The summed E-state index contributed by atoms with van der Waals surface area (Å²) in [6.07, 6.45) is 2.27. The van der Waals surface area contributed by atoms with Gasteiger partial charge in [-0.1, -0.05) is 44.0 Å². The SMILES string of the molecule is C=S1(=O)CCN(CCOc2ccc(C#Cc3ccc(CC(=O)Cc4cc(C(C)(C)C)on4)cc3)nc2)CC1. The molecule has 1 aliphatic rings. The summed E-state index contributed by atoms with van der Waals surface area (Å²) in [6.45, 7) is 9.09. The molecule has 3 heterocycles. The minimum atomic E-state index is -1.87. The summed E-state index contributed by atoms with van der Waals surface area (Å²) in [5, 5.41) is 4.03. The van der Waals surface area contributed by atoms with Crippen LogP contribution in [0.25, 0.3) is 0 Å². The number of Topliss-reactive ketones (excluding diaryl/α,β-unsaturated/α-hetero) is 1. The Kier molecular flexibility index (Phi) is 8.70. The van der Waals surface area contributed by atoms with Gasteiger partial charge in [0.05, 0.1) is 18.3 Å². The molecule has 1 aromatic carbocycles. The Bertz CT molecular complexity index is 1390. The first-order chi connectivity index (χ1) is 18.1. The molecule has 0 atom stereocenters. The Morgan fingerprint density at radius 2 is 1.84 bits per heavy atom. The quantitative estimate of drug-likeness (QED) is 0.323. The molecule has 1 saturated heterocycles. The zero-order chi connectivity index (χ0) is 27.2. The van der Waals surface area contributed by atoms with Crippen LogP contribution >= 0.6 is 0 Å². The van der Waals surface area contributed by atoms with E-state index in [-0.39, 0.29) is 17.6 Å². The highest BCUT2D eigenvalue weighted by molar-refractivity contribution is 8.00. The fraction of sp³-hybridized carbons (Fsp3) is 0.400. The van der Waals surface area contributed by atoms with Gasteiger partial charge in [0.15, 0.2) is 0 Å². The van der Waals surface area contributed by atoms with E-state index >= 15 is 0 Å². The summed E-state index contributed by atoms with van der Waals surface area (Å²) in [5.74, 6) is 12.9. The normalized spacial score (nSPS) is 15.4. The smallest absolute Gasteiger partial charge is 0.143 e. The van der Waals surface area contributed by atoms with Crippen LogP contribution < -0.4 is 4.74 Å². The fourth-order valence-corrected chi connectivity index (χ4v) is 5.33. The number of ether oxygens (including phenoxy) is 1. The summed E-state index contributed by atoms with van der Waals surface area (Å²) >= 11 is 0. The zero-order valence-corrected chi connectivity index (χ0v) is 23.2. The number of rotatable bonds is 8. The molecule has 0 amide bonds. The van der Waals surface area contributed by atoms with Gasteiger partial charge in [-0.2, -0.15) is 0 Å². The van der Waals surface area contributed by atoms with Gasteiger partial charge in [0, 0.05) is 54.6 Å². The van der Waals surface area contributed by atoms with E-state index in [1.807, 2.05) is 63.2 Å². The number of hydrogen-bond donors (Lipinski definition) is 0. The summed E-state index contributed by atoms with van der Waals surface area (Å²) < 4.78 is 23.1. The second-order valence-electron chi connectivity index (χ2n) is 10.7. The first kappa shape index (κ1) is 27.6. The lowest BCUT2D eigenvalue weighted by molar-refractivity contribution is -0.117. The van der Waals surface area contributed by atoms with Crippen molar-refractivity contribution in [2.45, 2.75) is 39.0 Å². The number of carbonyl (C=O) groups is 1. The fourth-order valence-electron chi connectivity index (χ4n) is 3.94. The second-order valence-corrected chi connectivity index (χ2v) is 13.5. The lowest BCUT2D eigenvalue weighted by Gasteiger charge is -2.28. The molecule has 0 N–H and O–H groups in total. The van der Waals surface area contributed by atoms with Crippen molar-refractivity contribution in [3.05, 3.63) is 76.9 Å². The Balaban J connectivity index is 1.22. The van der Waals surface area contributed by atoms with Crippen molar-refractivity contribution in [2.24, 2.45) is 0 Å². The minimum absolute atomic E-state index is 0.0868. The van der Waals surface area contributed by atoms with Gasteiger partial charge in [-0.25, -0.2) is 4.98 Å². The van der Waals surface area contributed by atoms with Crippen LogP contribution in [0.4, 0.5) is 0 Å². The molecule has 0 spiro atoms. The van der Waals surface area contributed by atoms with E-state index in [4.69, 9.17) is 9.26 Å². The number of nitrogens with zero attached hydrogens (tertiary/aromatic N) is 3.